The molecule has 3 aromatic heterocycles. The molecule has 0 atom stereocenters. The smallest absolute Gasteiger partial charge is 0.273 e. The van der Waals surface area contributed by atoms with Gasteiger partial charge in [-0.1, -0.05) is 29.8 Å². The molecule has 1 aromatic carbocycles. The van der Waals surface area contributed by atoms with Gasteiger partial charge in [0, 0.05) is 20.8 Å². The summed E-state index contributed by atoms with van der Waals surface area (Å²) >= 11 is 8.82. The summed E-state index contributed by atoms with van der Waals surface area (Å²) in [6, 6.07) is 10.9. The maximum absolute atomic E-state index is 12.8. The van der Waals surface area contributed by atoms with Crippen molar-refractivity contribution in [2.24, 2.45) is 0 Å². The quantitative estimate of drug-likeness (QED) is 0.558. The molecule has 1 amide bonds. The van der Waals surface area contributed by atoms with Gasteiger partial charge in [-0.25, -0.2) is 9.66 Å². The molecule has 0 saturated heterocycles. The van der Waals surface area contributed by atoms with Crippen molar-refractivity contribution in [2.45, 2.75) is 6.42 Å². The van der Waals surface area contributed by atoms with Gasteiger partial charge >= 0.3 is 0 Å². The summed E-state index contributed by atoms with van der Waals surface area (Å²) in [7, 11) is 0. The van der Waals surface area contributed by atoms with E-state index in [1.54, 1.807) is 35.6 Å². The van der Waals surface area contributed by atoms with E-state index in [1.165, 1.54) is 17.7 Å². The monoisotopic (exact) mass is 401 g/mol. The van der Waals surface area contributed by atoms with E-state index in [2.05, 4.69) is 10.4 Å². The number of fused-ring (bicyclic) bond motifs is 1. The Morgan fingerprint density at radius 3 is 2.73 bits per heavy atom. The van der Waals surface area contributed by atoms with Gasteiger partial charge in [-0.3, -0.25) is 15.0 Å². The van der Waals surface area contributed by atoms with Crippen LogP contribution in [0.5, 0.6) is 0 Å². The fourth-order valence-electron chi connectivity index (χ4n) is 2.59. The Kier molecular flexibility index (Phi) is 4.58. The van der Waals surface area contributed by atoms with Crippen LogP contribution in [0.2, 0.25) is 5.02 Å². The van der Waals surface area contributed by atoms with Crippen LogP contribution in [0, 0.1) is 0 Å². The average Bonchev–Trinajstić information content (AvgIpc) is 3.29. The molecule has 0 bridgehead atoms. The van der Waals surface area contributed by atoms with Crippen molar-refractivity contribution in [1.29, 1.82) is 0 Å². The van der Waals surface area contributed by atoms with Crippen LogP contribution >= 0.6 is 34.3 Å². The molecule has 0 unspecified atom stereocenters. The lowest BCUT2D eigenvalue weighted by Gasteiger charge is -2.08. The zero-order chi connectivity index (χ0) is 18.1. The number of nitrogens with one attached hydrogen (secondary N) is 1. The van der Waals surface area contributed by atoms with Gasteiger partial charge in [-0.15, -0.1) is 22.7 Å². The van der Waals surface area contributed by atoms with Crippen molar-refractivity contribution in [1.82, 2.24) is 9.66 Å². The number of rotatable bonds is 4. The minimum Gasteiger partial charge on any atom is -0.273 e. The second kappa shape index (κ2) is 7.03. The molecule has 8 heteroatoms. The number of thiophene rings is 2. The molecule has 0 saturated carbocycles. The van der Waals surface area contributed by atoms with Crippen molar-refractivity contribution < 1.29 is 4.79 Å². The van der Waals surface area contributed by atoms with Crippen LogP contribution in [0.4, 0.5) is 0 Å². The molecule has 4 rings (SSSR count). The van der Waals surface area contributed by atoms with E-state index in [4.69, 9.17) is 11.6 Å². The maximum atomic E-state index is 12.8. The molecule has 0 spiro atoms. The van der Waals surface area contributed by atoms with Crippen molar-refractivity contribution in [3.05, 3.63) is 74.4 Å². The molecule has 0 radical (unpaired) electrons. The SMILES string of the molecule is O=C(Cc1ccc(Cl)cc1)Nn1cnc2scc(-c3cccs3)c2c1=O. The van der Waals surface area contributed by atoms with E-state index in [9.17, 15) is 9.59 Å². The number of carbonyl (C=O) groups is 1. The Morgan fingerprint density at radius 2 is 2.00 bits per heavy atom. The first kappa shape index (κ1) is 17.0. The van der Waals surface area contributed by atoms with Crippen LogP contribution in [0.15, 0.2) is 58.3 Å². The molecule has 0 fully saturated rings. The molecule has 0 aliphatic carbocycles. The van der Waals surface area contributed by atoms with Gasteiger partial charge in [0.2, 0.25) is 5.91 Å². The molecule has 0 aliphatic heterocycles. The first-order valence-corrected chi connectivity index (χ1v) is 9.82. The predicted octanol–water partition coefficient (Wildman–Crippen LogP) is 4.15. The normalized spacial score (nSPS) is 11.0. The fourth-order valence-corrected chi connectivity index (χ4v) is 4.43. The van der Waals surface area contributed by atoms with E-state index < -0.39 is 0 Å². The zero-order valence-corrected chi connectivity index (χ0v) is 15.7. The summed E-state index contributed by atoms with van der Waals surface area (Å²) in [6.07, 6.45) is 1.49. The maximum Gasteiger partial charge on any atom is 0.281 e. The summed E-state index contributed by atoms with van der Waals surface area (Å²) in [5, 5.41) is 5.01. The molecule has 130 valence electrons. The minimum atomic E-state index is -0.302. The van der Waals surface area contributed by atoms with Gasteiger partial charge < -0.3 is 0 Å². The van der Waals surface area contributed by atoms with Gasteiger partial charge in [0.25, 0.3) is 5.56 Å². The summed E-state index contributed by atoms with van der Waals surface area (Å²) in [5.74, 6) is -0.302. The lowest BCUT2D eigenvalue weighted by molar-refractivity contribution is -0.116. The lowest BCUT2D eigenvalue weighted by Crippen LogP contribution is -2.33. The Hall–Kier alpha value is -2.48. The third-order valence-corrected chi connectivity index (χ3v) is 5.85. The number of nitrogens with zero attached hydrogens (tertiary/aromatic N) is 2. The molecular formula is C18H12ClN3O2S2. The highest BCUT2D eigenvalue weighted by Crippen LogP contribution is 2.33. The zero-order valence-electron chi connectivity index (χ0n) is 13.3. The van der Waals surface area contributed by atoms with Gasteiger partial charge in [0.05, 0.1) is 11.8 Å². The van der Waals surface area contributed by atoms with E-state index in [0.29, 0.717) is 15.2 Å². The number of hydrogen-bond donors (Lipinski definition) is 1. The Balaban J connectivity index is 1.63. The van der Waals surface area contributed by atoms with Crippen LogP contribution in [-0.2, 0) is 11.2 Å². The van der Waals surface area contributed by atoms with Crippen molar-refractivity contribution in [3.63, 3.8) is 0 Å². The highest BCUT2D eigenvalue weighted by Gasteiger charge is 2.15. The second-order valence-electron chi connectivity index (χ2n) is 5.56. The van der Waals surface area contributed by atoms with Crippen molar-refractivity contribution in [3.8, 4) is 10.4 Å². The summed E-state index contributed by atoms with van der Waals surface area (Å²) in [5.41, 5.74) is 3.97. The third kappa shape index (κ3) is 3.29. The second-order valence-corrected chi connectivity index (χ2v) is 7.81. The Labute approximate surface area is 161 Å². The number of amides is 1. The Morgan fingerprint density at radius 1 is 1.19 bits per heavy atom. The van der Waals surface area contributed by atoms with Crippen LogP contribution in [0.25, 0.3) is 20.7 Å². The largest absolute Gasteiger partial charge is 0.281 e. The van der Waals surface area contributed by atoms with Gasteiger partial charge in [-0.05, 0) is 29.1 Å². The predicted molar refractivity (Wildman–Crippen MR) is 107 cm³/mol. The number of halogens is 1. The number of hydrogen-bond acceptors (Lipinski definition) is 5. The third-order valence-electron chi connectivity index (χ3n) is 3.80. The molecular weight excluding hydrogens is 390 g/mol. The Bertz CT molecular complexity index is 1130. The van der Waals surface area contributed by atoms with Crippen LogP contribution in [0.3, 0.4) is 0 Å². The standard InChI is InChI=1S/C18H12ClN3O2S2/c19-12-5-3-11(4-6-12)8-15(23)21-22-10-20-17-16(18(22)24)13(9-26-17)14-2-1-7-25-14/h1-7,9-10H,8H2,(H,21,23). The molecule has 5 nitrogen and oxygen atoms in total. The van der Waals surface area contributed by atoms with Crippen molar-refractivity contribution in [2.75, 3.05) is 5.43 Å². The summed E-state index contributed by atoms with van der Waals surface area (Å²) in [6.45, 7) is 0. The van der Waals surface area contributed by atoms with Crippen molar-refractivity contribution >= 4 is 50.4 Å². The first-order valence-electron chi connectivity index (χ1n) is 7.69. The molecule has 26 heavy (non-hydrogen) atoms. The van der Waals surface area contributed by atoms with Crippen LogP contribution in [-0.4, -0.2) is 15.6 Å². The lowest BCUT2D eigenvalue weighted by atomic mass is 10.1. The minimum absolute atomic E-state index is 0.142. The van der Waals surface area contributed by atoms with Crippen LogP contribution < -0.4 is 11.0 Å². The average molecular weight is 402 g/mol. The summed E-state index contributed by atoms with van der Waals surface area (Å²) < 4.78 is 1.14. The van der Waals surface area contributed by atoms with Crippen LogP contribution in [0.1, 0.15) is 5.56 Å². The molecule has 3 heterocycles. The van der Waals surface area contributed by atoms with E-state index in [-0.39, 0.29) is 17.9 Å². The van der Waals surface area contributed by atoms with Gasteiger partial charge in [0.15, 0.2) is 0 Å². The van der Waals surface area contributed by atoms with E-state index in [0.717, 1.165) is 20.7 Å². The highest BCUT2D eigenvalue weighted by molar-refractivity contribution is 7.18. The highest BCUT2D eigenvalue weighted by atomic mass is 35.5. The molecule has 4 aromatic rings. The van der Waals surface area contributed by atoms with E-state index in [1.807, 2.05) is 22.9 Å². The fraction of sp³-hybridized carbons (Fsp3) is 0.0556. The number of benzene rings is 1. The molecule has 0 aliphatic rings. The topological polar surface area (TPSA) is 64.0 Å². The number of carbonyl (C=O) groups excluding carboxylic acids is 1. The molecule has 1 N–H and O–H groups in total. The van der Waals surface area contributed by atoms with E-state index >= 15 is 0 Å². The summed E-state index contributed by atoms with van der Waals surface area (Å²) in [4.78, 5) is 31.1. The first-order chi connectivity index (χ1) is 12.6. The number of aromatic nitrogens is 2. The van der Waals surface area contributed by atoms with Gasteiger partial charge in [-0.2, -0.15) is 0 Å². The van der Waals surface area contributed by atoms with Gasteiger partial charge in [0.1, 0.15) is 11.2 Å².